The number of rotatable bonds is 6. The van der Waals surface area contributed by atoms with E-state index in [2.05, 4.69) is 64.0 Å². The van der Waals surface area contributed by atoms with Crippen molar-refractivity contribution >= 4 is 5.82 Å². The van der Waals surface area contributed by atoms with Crippen molar-refractivity contribution in [2.24, 2.45) is 0 Å². The minimum Gasteiger partial charge on any atom is -0.357 e. The summed E-state index contributed by atoms with van der Waals surface area (Å²) in [6.07, 6.45) is 1.13. The molecule has 102 valence electrons. The molecule has 0 aliphatic carbocycles. The van der Waals surface area contributed by atoms with Crippen molar-refractivity contribution in [2.45, 2.75) is 59.7 Å². The van der Waals surface area contributed by atoms with Gasteiger partial charge in [0, 0.05) is 31.4 Å². The highest BCUT2D eigenvalue weighted by atomic mass is 15.2. The molecule has 0 aliphatic rings. The zero-order chi connectivity index (χ0) is 13.7. The molecule has 3 nitrogen and oxygen atoms in total. The van der Waals surface area contributed by atoms with Gasteiger partial charge in [-0.25, -0.2) is 4.98 Å². The molecule has 0 saturated carbocycles. The van der Waals surface area contributed by atoms with Gasteiger partial charge in [-0.2, -0.15) is 0 Å². The van der Waals surface area contributed by atoms with Crippen molar-refractivity contribution in [1.29, 1.82) is 0 Å². The van der Waals surface area contributed by atoms with Crippen LogP contribution in [0.4, 0.5) is 5.82 Å². The Bertz CT molecular complexity index is 374. The Kier molecular flexibility index (Phi) is 5.60. The Morgan fingerprint density at radius 3 is 2.44 bits per heavy atom. The van der Waals surface area contributed by atoms with E-state index in [9.17, 15) is 0 Å². The van der Waals surface area contributed by atoms with Crippen molar-refractivity contribution < 1.29 is 0 Å². The highest BCUT2D eigenvalue weighted by Gasteiger charge is 2.10. The topological polar surface area (TPSA) is 28.2 Å². The van der Waals surface area contributed by atoms with Gasteiger partial charge in [-0.05, 0) is 31.9 Å². The first-order valence-electron chi connectivity index (χ1n) is 6.88. The normalized spacial score (nSPS) is 12.8. The van der Waals surface area contributed by atoms with Gasteiger partial charge in [-0.3, -0.25) is 0 Å². The van der Waals surface area contributed by atoms with Crippen LogP contribution in [0, 0.1) is 6.92 Å². The zero-order valence-electron chi connectivity index (χ0n) is 12.6. The third kappa shape index (κ3) is 3.98. The summed E-state index contributed by atoms with van der Waals surface area (Å²) in [7, 11) is 2.11. The van der Waals surface area contributed by atoms with Crippen LogP contribution in [0.25, 0.3) is 0 Å². The van der Waals surface area contributed by atoms with Crippen molar-refractivity contribution in [3.8, 4) is 0 Å². The Morgan fingerprint density at radius 1 is 1.28 bits per heavy atom. The number of nitrogens with one attached hydrogen (secondary N) is 1. The first-order valence-corrected chi connectivity index (χ1v) is 6.88. The number of pyridine rings is 1. The predicted octanol–water partition coefficient (Wildman–Crippen LogP) is 3.12. The number of aromatic nitrogens is 1. The molecular weight excluding hydrogens is 222 g/mol. The molecule has 1 aromatic heterocycles. The lowest BCUT2D eigenvalue weighted by Crippen LogP contribution is -2.29. The number of anilines is 1. The minimum atomic E-state index is 0.506. The Balaban J connectivity index is 2.78. The molecule has 1 N–H and O–H groups in total. The van der Waals surface area contributed by atoms with E-state index in [1.54, 1.807) is 0 Å². The smallest absolute Gasteiger partial charge is 0.128 e. The average molecular weight is 249 g/mol. The molecule has 0 bridgehead atoms. The van der Waals surface area contributed by atoms with Crippen molar-refractivity contribution in [2.75, 3.05) is 11.9 Å². The largest absolute Gasteiger partial charge is 0.357 e. The van der Waals surface area contributed by atoms with Crippen LogP contribution in [-0.4, -0.2) is 24.1 Å². The number of hydrogen-bond acceptors (Lipinski definition) is 3. The Morgan fingerprint density at radius 2 is 1.94 bits per heavy atom. The molecule has 0 aliphatic heterocycles. The second-order valence-corrected chi connectivity index (χ2v) is 5.32. The molecule has 0 saturated heterocycles. The third-order valence-electron chi connectivity index (χ3n) is 3.49. The van der Waals surface area contributed by atoms with Crippen LogP contribution in [-0.2, 0) is 6.54 Å². The second kappa shape index (κ2) is 6.74. The summed E-state index contributed by atoms with van der Waals surface area (Å²) < 4.78 is 0. The maximum atomic E-state index is 4.71. The monoisotopic (exact) mass is 249 g/mol. The van der Waals surface area contributed by atoms with Gasteiger partial charge in [0.2, 0.25) is 0 Å². The summed E-state index contributed by atoms with van der Waals surface area (Å²) in [6.45, 7) is 11.7. The zero-order valence-corrected chi connectivity index (χ0v) is 12.6. The van der Waals surface area contributed by atoms with Crippen LogP contribution in [0.3, 0.4) is 0 Å². The lowest BCUT2D eigenvalue weighted by molar-refractivity contribution is 0.585. The molecule has 0 amide bonds. The Labute approximate surface area is 112 Å². The molecule has 3 heteroatoms. The van der Waals surface area contributed by atoms with Crippen LogP contribution in [0.2, 0.25) is 0 Å². The van der Waals surface area contributed by atoms with Gasteiger partial charge in [-0.1, -0.05) is 26.8 Å². The van der Waals surface area contributed by atoms with Gasteiger partial charge in [0.1, 0.15) is 5.82 Å². The first-order chi connectivity index (χ1) is 8.45. The van der Waals surface area contributed by atoms with Crippen molar-refractivity contribution in [1.82, 2.24) is 10.3 Å². The second-order valence-electron chi connectivity index (χ2n) is 5.32. The molecule has 1 unspecified atom stereocenters. The quantitative estimate of drug-likeness (QED) is 0.839. The molecular formula is C15H27N3. The summed E-state index contributed by atoms with van der Waals surface area (Å²) in [5, 5.41) is 3.43. The highest BCUT2D eigenvalue weighted by Crippen LogP contribution is 2.16. The van der Waals surface area contributed by atoms with E-state index in [0.717, 1.165) is 24.5 Å². The van der Waals surface area contributed by atoms with Crippen LogP contribution in [0.5, 0.6) is 0 Å². The van der Waals surface area contributed by atoms with Gasteiger partial charge >= 0.3 is 0 Å². The van der Waals surface area contributed by atoms with E-state index >= 15 is 0 Å². The molecule has 1 atom stereocenters. The summed E-state index contributed by atoms with van der Waals surface area (Å²) in [4.78, 5) is 6.95. The van der Waals surface area contributed by atoms with Gasteiger partial charge in [0.05, 0.1) is 0 Å². The van der Waals surface area contributed by atoms with Crippen molar-refractivity contribution in [3.05, 3.63) is 23.4 Å². The lowest BCUT2D eigenvalue weighted by Gasteiger charge is -2.25. The van der Waals surface area contributed by atoms with E-state index in [1.807, 2.05) is 0 Å². The van der Waals surface area contributed by atoms with Gasteiger partial charge in [0.15, 0.2) is 0 Å². The summed E-state index contributed by atoms with van der Waals surface area (Å²) in [5.41, 5.74) is 2.40. The summed E-state index contributed by atoms with van der Waals surface area (Å²) in [5.74, 6) is 1.06. The van der Waals surface area contributed by atoms with E-state index in [1.165, 1.54) is 5.56 Å². The molecule has 1 aromatic rings. The van der Waals surface area contributed by atoms with Crippen molar-refractivity contribution in [3.63, 3.8) is 0 Å². The van der Waals surface area contributed by atoms with Crippen LogP contribution in [0.15, 0.2) is 12.1 Å². The molecule has 18 heavy (non-hydrogen) atoms. The van der Waals surface area contributed by atoms with Gasteiger partial charge in [0.25, 0.3) is 0 Å². The van der Waals surface area contributed by atoms with Crippen LogP contribution in [0.1, 0.15) is 45.4 Å². The molecule has 0 aromatic carbocycles. The molecule has 0 fully saturated rings. The van der Waals surface area contributed by atoms with Crippen LogP contribution < -0.4 is 10.2 Å². The maximum Gasteiger partial charge on any atom is 0.128 e. The molecule has 1 heterocycles. The van der Waals surface area contributed by atoms with Gasteiger partial charge < -0.3 is 10.2 Å². The third-order valence-corrected chi connectivity index (χ3v) is 3.49. The molecule has 0 radical (unpaired) electrons. The first kappa shape index (κ1) is 15.0. The van der Waals surface area contributed by atoms with E-state index in [0.29, 0.717) is 12.1 Å². The van der Waals surface area contributed by atoms with E-state index in [-0.39, 0.29) is 0 Å². The lowest BCUT2D eigenvalue weighted by atomic mass is 10.1. The number of aryl methyl sites for hydroxylation is 1. The predicted molar refractivity (Wildman–Crippen MR) is 79.1 cm³/mol. The number of hydrogen-bond donors (Lipinski definition) is 1. The Hall–Kier alpha value is -1.09. The maximum absolute atomic E-state index is 4.71. The fourth-order valence-corrected chi connectivity index (χ4v) is 1.77. The van der Waals surface area contributed by atoms with Gasteiger partial charge in [-0.15, -0.1) is 0 Å². The standard InChI is InChI=1S/C15H27N3/c1-7-12(4)18(6)15-9-8-14(13(5)17-15)10-16-11(2)3/h8-9,11-12,16H,7,10H2,1-6H3. The minimum absolute atomic E-state index is 0.506. The van der Waals surface area contributed by atoms with E-state index in [4.69, 9.17) is 4.98 Å². The SMILES string of the molecule is CCC(C)N(C)c1ccc(CNC(C)C)c(C)n1. The average Bonchev–Trinajstić information content (AvgIpc) is 2.35. The summed E-state index contributed by atoms with van der Waals surface area (Å²) in [6, 6.07) is 5.34. The van der Waals surface area contributed by atoms with E-state index < -0.39 is 0 Å². The highest BCUT2D eigenvalue weighted by molar-refractivity contribution is 5.41. The summed E-state index contributed by atoms with van der Waals surface area (Å²) >= 11 is 0. The fourth-order valence-electron chi connectivity index (χ4n) is 1.77. The fraction of sp³-hybridized carbons (Fsp3) is 0.667. The molecule has 0 spiro atoms. The van der Waals surface area contributed by atoms with Crippen LogP contribution >= 0.6 is 0 Å². The molecule has 1 rings (SSSR count). The number of nitrogens with zero attached hydrogens (tertiary/aromatic N) is 2.